The number of carbonyl (C=O) groups excluding carboxylic acids is 4. The first-order valence-corrected chi connectivity index (χ1v) is 12.7. The van der Waals surface area contributed by atoms with Crippen molar-refractivity contribution in [3.05, 3.63) is 40.7 Å². The molecule has 3 rings (SSSR count). The summed E-state index contributed by atoms with van der Waals surface area (Å²) in [5, 5.41) is 4.12. The molecule has 13 nitrogen and oxygen atoms in total. The average Bonchev–Trinajstić information content (AvgIpc) is 3.54. The lowest BCUT2D eigenvalue weighted by Gasteiger charge is -2.35. The minimum absolute atomic E-state index is 0.284. The number of hydrogen-bond acceptors (Lipinski definition) is 11. The zero-order valence-corrected chi connectivity index (χ0v) is 22.9. The molecule has 1 fully saturated rings. The van der Waals surface area contributed by atoms with Gasteiger partial charge in [0.25, 0.3) is 17.7 Å². The van der Waals surface area contributed by atoms with Gasteiger partial charge in [0.2, 0.25) is 5.78 Å². The van der Waals surface area contributed by atoms with E-state index in [1.165, 1.54) is 7.11 Å². The number of ether oxygens (including phenoxy) is 2. The van der Waals surface area contributed by atoms with E-state index < -0.39 is 53.5 Å². The van der Waals surface area contributed by atoms with E-state index in [2.05, 4.69) is 5.10 Å². The number of ketones is 1. The van der Waals surface area contributed by atoms with Crippen LogP contribution in [0.2, 0.25) is 0 Å². The quantitative estimate of drug-likeness (QED) is 0.455. The Morgan fingerprint density at radius 3 is 2.36 bits per heavy atom. The first-order valence-electron chi connectivity index (χ1n) is 12.7. The van der Waals surface area contributed by atoms with Crippen molar-refractivity contribution in [2.45, 2.75) is 58.7 Å². The summed E-state index contributed by atoms with van der Waals surface area (Å²) in [4.78, 5) is 67.5. The van der Waals surface area contributed by atoms with Crippen molar-refractivity contribution in [1.29, 1.82) is 0 Å². The van der Waals surface area contributed by atoms with Gasteiger partial charge < -0.3 is 19.6 Å². The predicted molar refractivity (Wildman–Crippen MR) is 138 cm³/mol. The molecule has 13 heteroatoms. The molecule has 39 heavy (non-hydrogen) atoms. The summed E-state index contributed by atoms with van der Waals surface area (Å²) >= 11 is 0. The molecule has 0 saturated carbocycles. The third-order valence-electron chi connectivity index (χ3n) is 6.71. The summed E-state index contributed by atoms with van der Waals surface area (Å²) in [6.07, 6.45) is -0.347. The minimum atomic E-state index is -1.15. The van der Waals surface area contributed by atoms with Crippen LogP contribution < -0.4 is 16.2 Å². The van der Waals surface area contributed by atoms with Gasteiger partial charge >= 0.3 is 11.8 Å². The van der Waals surface area contributed by atoms with Crippen LogP contribution >= 0.6 is 0 Å². The van der Waals surface area contributed by atoms with Gasteiger partial charge in [-0.1, -0.05) is 39.8 Å². The van der Waals surface area contributed by atoms with Crippen molar-refractivity contribution in [2.24, 2.45) is 17.6 Å². The van der Waals surface area contributed by atoms with Gasteiger partial charge in [0.1, 0.15) is 11.4 Å². The van der Waals surface area contributed by atoms with Gasteiger partial charge in [0, 0.05) is 0 Å². The lowest BCUT2D eigenvalue weighted by molar-refractivity contribution is -0.146. The third kappa shape index (κ3) is 5.93. The molecule has 0 aliphatic carbocycles. The zero-order chi connectivity index (χ0) is 29.0. The number of Topliss-reactive ketones (excluding diaryl/α,β-unsaturated/α-hetero) is 1. The summed E-state index contributed by atoms with van der Waals surface area (Å²) in [7, 11) is 2.50. The number of hydrogen-bond donors (Lipinski definition) is 1. The molecule has 0 bridgehead atoms. The molecule has 2 N–H and O–H groups in total. The number of aromatic nitrogens is 2. The molecule has 1 aliphatic heterocycles. The van der Waals surface area contributed by atoms with E-state index in [4.69, 9.17) is 19.6 Å². The number of methoxy groups -OCH3 is 2. The fraction of sp³-hybridized carbons (Fsp3) is 0.538. The molecule has 1 aromatic heterocycles. The van der Waals surface area contributed by atoms with E-state index >= 15 is 0 Å². The molecular weight excluding hydrogens is 510 g/mol. The Morgan fingerprint density at radius 2 is 1.77 bits per heavy atom. The van der Waals surface area contributed by atoms with Gasteiger partial charge in [-0.15, -0.1) is 5.10 Å². The minimum Gasteiger partial charge on any atom is -0.494 e. The monoisotopic (exact) mass is 545 g/mol. The number of imide groups is 3. The topological polar surface area (TPSA) is 167 Å². The number of carbonyl (C=O) groups is 4. The van der Waals surface area contributed by atoms with E-state index in [-0.39, 0.29) is 23.9 Å². The molecule has 212 valence electrons. The van der Waals surface area contributed by atoms with Crippen molar-refractivity contribution in [3.8, 4) is 11.4 Å². The lowest BCUT2D eigenvalue weighted by atomic mass is 9.96. The first-order chi connectivity index (χ1) is 18.4. The second-order valence-electron chi connectivity index (χ2n) is 9.96. The van der Waals surface area contributed by atoms with E-state index in [0.29, 0.717) is 23.6 Å². The number of nitrogens with two attached hydrogens (primary N) is 1. The Hall–Kier alpha value is -3.84. The highest BCUT2D eigenvalue weighted by Crippen LogP contribution is 2.28. The summed E-state index contributed by atoms with van der Waals surface area (Å²) in [5.74, 6) is -4.01. The van der Waals surface area contributed by atoms with Crippen LogP contribution in [0.25, 0.3) is 5.69 Å². The van der Waals surface area contributed by atoms with Crippen LogP contribution in [0.1, 0.15) is 51.2 Å². The molecule has 2 aromatic rings. The van der Waals surface area contributed by atoms with Crippen molar-refractivity contribution < 1.29 is 33.1 Å². The van der Waals surface area contributed by atoms with Crippen LogP contribution in [-0.4, -0.2) is 82.2 Å². The summed E-state index contributed by atoms with van der Waals surface area (Å²) < 4.78 is 16.2. The number of nitrogens with zero attached hydrogens (tertiary/aromatic N) is 4. The molecule has 2 heterocycles. The Balaban J connectivity index is 1.97. The summed E-state index contributed by atoms with van der Waals surface area (Å²) in [6, 6.07) is 3.57. The molecule has 1 aromatic carbocycles. The van der Waals surface area contributed by atoms with Gasteiger partial charge in [-0.25, -0.2) is 9.59 Å². The number of para-hydroxylation sites is 2. The molecule has 3 amide bonds. The van der Waals surface area contributed by atoms with Crippen LogP contribution in [0.4, 0.5) is 4.79 Å². The standard InChI is InChI=1S/C26H35N5O8/c1-14(2)19(27)24(34)30(25(35)38-6)23(33)17-11-9-13-29(17)20(15(3)4)21(32)22-28-31(26(36)39-22)16-10-7-8-12-18(16)37-5/h7-8,10,12,14-15,17,19-20H,9,11,13,27H2,1-6H3/t17-,19-,20-/m0/s1. The zero-order valence-electron chi connectivity index (χ0n) is 22.9. The van der Waals surface area contributed by atoms with Crippen LogP contribution in [0.3, 0.4) is 0 Å². The van der Waals surface area contributed by atoms with Crippen molar-refractivity contribution in [1.82, 2.24) is 19.6 Å². The number of likely N-dealkylation sites (tertiary alicyclic amines) is 1. The maximum absolute atomic E-state index is 13.7. The Morgan fingerprint density at radius 1 is 1.10 bits per heavy atom. The molecular formula is C26H35N5O8. The predicted octanol–water partition coefficient (Wildman–Crippen LogP) is 1.61. The molecule has 0 spiro atoms. The van der Waals surface area contributed by atoms with Crippen LogP contribution in [-0.2, 0) is 14.3 Å². The largest absolute Gasteiger partial charge is 0.494 e. The van der Waals surface area contributed by atoms with Crippen molar-refractivity contribution in [3.63, 3.8) is 0 Å². The number of rotatable bonds is 9. The van der Waals surface area contributed by atoms with E-state index in [1.54, 1.807) is 56.9 Å². The van der Waals surface area contributed by atoms with E-state index in [1.807, 2.05) is 0 Å². The Bertz CT molecular complexity index is 1280. The second-order valence-corrected chi connectivity index (χ2v) is 9.96. The number of amides is 3. The maximum Gasteiger partial charge on any atom is 0.442 e. The number of benzene rings is 1. The van der Waals surface area contributed by atoms with E-state index in [9.17, 15) is 24.0 Å². The summed E-state index contributed by atoms with van der Waals surface area (Å²) in [5.41, 5.74) is 6.25. The smallest absolute Gasteiger partial charge is 0.442 e. The average molecular weight is 546 g/mol. The molecule has 0 radical (unpaired) electrons. The van der Waals surface area contributed by atoms with Gasteiger partial charge in [-0.05, 0) is 43.4 Å². The highest BCUT2D eigenvalue weighted by molar-refractivity contribution is 6.12. The van der Waals surface area contributed by atoms with Crippen LogP contribution in [0.15, 0.2) is 33.5 Å². The van der Waals surface area contributed by atoms with Crippen LogP contribution in [0, 0.1) is 11.8 Å². The fourth-order valence-electron chi connectivity index (χ4n) is 4.65. The third-order valence-corrected chi connectivity index (χ3v) is 6.71. The lowest BCUT2D eigenvalue weighted by Crippen LogP contribution is -2.58. The van der Waals surface area contributed by atoms with Gasteiger partial charge in [0.15, 0.2) is 0 Å². The molecule has 1 saturated heterocycles. The molecule has 0 unspecified atom stereocenters. The molecule has 1 aliphatic rings. The van der Waals surface area contributed by atoms with Crippen molar-refractivity contribution >= 4 is 23.7 Å². The first kappa shape index (κ1) is 29.7. The fourth-order valence-corrected chi connectivity index (χ4v) is 4.65. The Kier molecular flexibility index (Phi) is 9.41. The van der Waals surface area contributed by atoms with E-state index in [0.717, 1.165) is 11.8 Å². The maximum atomic E-state index is 13.7. The van der Waals surface area contributed by atoms with Crippen LogP contribution in [0.5, 0.6) is 5.75 Å². The summed E-state index contributed by atoms with van der Waals surface area (Å²) in [6.45, 7) is 7.25. The van der Waals surface area contributed by atoms with Gasteiger partial charge in [-0.3, -0.25) is 19.3 Å². The van der Waals surface area contributed by atoms with Crippen molar-refractivity contribution in [2.75, 3.05) is 20.8 Å². The molecule has 3 atom stereocenters. The Labute approximate surface area is 225 Å². The highest BCUT2D eigenvalue weighted by Gasteiger charge is 2.46. The second kappa shape index (κ2) is 12.3. The normalized spacial score (nSPS) is 17.2. The SMILES string of the molecule is COC(=O)N(C(=O)[C@@H](N)C(C)C)C(=O)[C@@H]1CCCN1[C@H](C(=O)c1nn(-c2ccccc2OC)c(=O)o1)C(C)C. The highest BCUT2D eigenvalue weighted by atomic mass is 16.5. The van der Waals surface area contributed by atoms with Gasteiger partial charge in [-0.2, -0.15) is 9.58 Å². The van der Waals surface area contributed by atoms with Gasteiger partial charge in [0.05, 0.1) is 32.3 Å².